The summed E-state index contributed by atoms with van der Waals surface area (Å²) in [7, 11) is 0. The molecule has 1 heteroatoms. The first-order valence-corrected chi connectivity index (χ1v) is 5.60. The van der Waals surface area contributed by atoms with Gasteiger partial charge in [-0.1, -0.05) is 33.3 Å². The Kier molecular flexibility index (Phi) is 3.91. The molecule has 1 rings (SSSR count). The topological polar surface area (TPSA) is 12.9 Å². The van der Waals surface area contributed by atoms with Crippen LogP contribution in [0.5, 0.6) is 0 Å². The lowest BCUT2D eigenvalue weighted by molar-refractivity contribution is 0.411. The summed E-state index contributed by atoms with van der Waals surface area (Å²) < 4.78 is 0. The molecule has 0 radical (unpaired) electrons. The number of aromatic nitrogens is 1. The third-order valence-electron chi connectivity index (χ3n) is 3.18. The molecule has 0 saturated carbocycles. The van der Waals surface area contributed by atoms with E-state index in [2.05, 4.69) is 37.7 Å². The maximum atomic E-state index is 5.49. The predicted molar refractivity (Wildman–Crippen MR) is 64.7 cm³/mol. The van der Waals surface area contributed by atoms with E-state index in [4.69, 9.17) is 6.42 Å². The van der Waals surface area contributed by atoms with Crippen LogP contribution in [0.1, 0.15) is 51.3 Å². The van der Waals surface area contributed by atoms with Gasteiger partial charge in [0.1, 0.15) is 5.69 Å². The summed E-state index contributed by atoms with van der Waals surface area (Å²) in [6, 6.07) is 4.08. The SMILES string of the molecule is C#Cc1ncccc1C(C)(CC)CCC. The fourth-order valence-electron chi connectivity index (χ4n) is 2.06. The second kappa shape index (κ2) is 4.98. The molecule has 1 atom stereocenters. The zero-order valence-corrected chi connectivity index (χ0v) is 9.88. The first-order valence-electron chi connectivity index (χ1n) is 5.60. The Hall–Kier alpha value is -1.29. The minimum absolute atomic E-state index is 0.171. The average molecular weight is 201 g/mol. The van der Waals surface area contributed by atoms with Gasteiger partial charge < -0.3 is 0 Å². The quantitative estimate of drug-likeness (QED) is 0.679. The highest BCUT2D eigenvalue weighted by molar-refractivity contribution is 5.38. The monoisotopic (exact) mass is 201 g/mol. The Morgan fingerprint density at radius 1 is 1.47 bits per heavy atom. The summed E-state index contributed by atoms with van der Waals surface area (Å²) in [5.74, 6) is 2.68. The van der Waals surface area contributed by atoms with E-state index in [1.807, 2.05) is 6.07 Å². The van der Waals surface area contributed by atoms with Crippen molar-refractivity contribution in [1.29, 1.82) is 0 Å². The van der Waals surface area contributed by atoms with Crippen LogP contribution >= 0.6 is 0 Å². The van der Waals surface area contributed by atoms with Crippen molar-refractivity contribution in [3.63, 3.8) is 0 Å². The molecule has 1 aromatic heterocycles. The molecule has 1 aromatic rings. The van der Waals surface area contributed by atoms with Crippen molar-refractivity contribution in [1.82, 2.24) is 4.98 Å². The Balaban J connectivity index is 3.18. The molecule has 0 aliphatic carbocycles. The zero-order chi connectivity index (χ0) is 11.3. The van der Waals surface area contributed by atoms with Gasteiger partial charge >= 0.3 is 0 Å². The van der Waals surface area contributed by atoms with Crippen LogP contribution in [0.2, 0.25) is 0 Å². The van der Waals surface area contributed by atoms with Crippen LogP contribution in [0.3, 0.4) is 0 Å². The molecule has 1 heterocycles. The molecule has 0 aromatic carbocycles. The molecule has 1 unspecified atom stereocenters. The van der Waals surface area contributed by atoms with Crippen LogP contribution in [0.4, 0.5) is 0 Å². The summed E-state index contributed by atoms with van der Waals surface area (Å²) in [6.45, 7) is 6.69. The lowest BCUT2D eigenvalue weighted by Crippen LogP contribution is -2.22. The highest BCUT2D eigenvalue weighted by atomic mass is 14.7. The van der Waals surface area contributed by atoms with E-state index < -0.39 is 0 Å². The molecule has 0 fully saturated rings. The van der Waals surface area contributed by atoms with E-state index in [0.29, 0.717) is 0 Å². The summed E-state index contributed by atoms with van der Waals surface area (Å²) >= 11 is 0. The van der Waals surface area contributed by atoms with Gasteiger partial charge in [-0.15, -0.1) is 6.42 Å². The Morgan fingerprint density at radius 3 is 2.73 bits per heavy atom. The Labute approximate surface area is 92.9 Å². The van der Waals surface area contributed by atoms with Gasteiger partial charge in [-0.2, -0.15) is 0 Å². The Bertz CT molecular complexity index is 362. The van der Waals surface area contributed by atoms with E-state index in [0.717, 1.165) is 18.5 Å². The summed E-state index contributed by atoms with van der Waals surface area (Å²) in [5.41, 5.74) is 2.19. The van der Waals surface area contributed by atoms with E-state index in [1.165, 1.54) is 12.0 Å². The molecule has 15 heavy (non-hydrogen) atoms. The highest BCUT2D eigenvalue weighted by Crippen LogP contribution is 2.33. The molecule has 80 valence electrons. The van der Waals surface area contributed by atoms with Gasteiger partial charge in [-0.25, -0.2) is 4.98 Å². The van der Waals surface area contributed by atoms with Crippen molar-refractivity contribution >= 4 is 0 Å². The number of nitrogens with zero attached hydrogens (tertiary/aromatic N) is 1. The largest absolute Gasteiger partial charge is 0.247 e. The molecule has 0 spiro atoms. The molecular weight excluding hydrogens is 182 g/mol. The third-order valence-corrected chi connectivity index (χ3v) is 3.18. The second-order valence-electron chi connectivity index (χ2n) is 4.21. The normalized spacial score (nSPS) is 14.3. The van der Waals surface area contributed by atoms with Crippen molar-refractivity contribution in [3.05, 3.63) is 29.6 Å². The van der Waals surface area contributed by atoms with Crippen LogP contribution in [-0.2, 0) is 5.41 Å². The Morgan fingerprint density at radius 2 is 2.20 bits per heavy atom. The van der Waals surface area contributed by atoms with Gasteiger partial charge in [0.2, 0.25) is 0 Å². The molecule has 0 N–H and O–H groups in total. The van der Waals surface area contributed by atoms with Crippen LogP contribution in [0, 0.1) is 12.3 Å². The lowest BCUT2D eigenvalue weighted by Gasteiger charge is -2.29. The first-order chi connectivity index (χ1) is 7.18. The van der Waals surface area contributed by atoms with Crippen molar-refractivity contribution < 1.29 is 0 Å². The number of terminal acetylenes is 1. The predicted octanol–water partition coefficient (Wildman–Crippen LogP) is 3.53. The molecule has 0 amide bonds. The van der Waals surface area contributed by atoms with Crippen molar-refractivity contribution in [2.45, 2.75) is 45.4 Å². The van der Waals surface area contributed by atoms with Gasteiger partial charge in [-0.3, -0.25) is 0 Å². The molecule has 0 aliphatic rings. The fraction of sp³-hybridized carbons (Fsp3) is 0.500. The van der Waals surface area contributed by atoms with Crippen LogP contribution in [-0.4, -0.2) is 4.98 Å². The summed E-state index contributed by atoms with van der Waals surface area (Å²) in [5, 5.41) is 0. The summed E-state index contributed by atoms with van der Waals surface area (Å²) in [4.78, 5) is 4.26. The van der Waals surface area contributed by atoms with Crippen LogP contribution in [0.25, 0.3) is 0 Å². The standard InChI is InChI=1S/C14H19N/c1-5-10-14(4,7-3)12-9-8-11-15-13(12)6-2/h2,8-9,11H,5,7,10H2,1,3-4H3. The number of pyridine rings is 1. The van der Waals surface area contributed by atoms with Crippen molar-refractivity contribution in [2.75, 3.05) is 0 Å². The van der Waals surface area contributed by atoms with E-state index >= 15 is 0 Å². The van der Waals surface area contributed by atoms with E-state index in [1.54, 1.807) is 6.20 Å². The van der Waals surface area contributed by atoms with Gasteiger partial charge in [0.25, 0.3) is 0 Å². The molecule has 0 saturated heterocycles. The van der Waals surface area contributed by atoms with Gasteiger partial charge in [-0.05, 0) is 35.8 Å². The maximum Gasteiger partial charge on any atom is 0.116 e. The average Bonchev–Trinajstić information content (AvgIpc) is 2.29. The molecule has 1 nitrogen and oxygen atoms in total. The lowest BCUT2D eigenvalue weighted by atomic mass is 9.76. The number of rotatable bonds is 4. The van der Waals surface area contributed by atoms with Crippen LogP contribution < -0.4 is 0 Å². The molecular formula is C14H19N. The highest BCUT2D eigenvalue weighted by Gasteiger charge is 2.26. The van der Waals surface area contributed by atoms with Gasteiger partial charge in [0, 0.05) is 6.20 Å². The van der Waals surface area contributed by atoms with Gasteiger partial charge in [0.05, 0.1) is 0 Å². The zero-order valence-electron chi connectivity index (χ0n) is 9.88. The second-order valence-corrected chi connectivity index (χ2v) is 4.21. The maximum absolute atomic E-state index is 5.49. The minimum atomic E-state index is 0.171. The van der Waals surface area contributed by atoms with Crippen molar-refractivity contribution in [3.8, 4) is 12.3 Å². The fourth-order valence-corrected chi connectivity index (χ4v) is 2.06. The van der Waals surface area contributed by atoms with E-state index in [9.17, 15) is 0 Å². The third kappa shape index (κ3) is 2.39. The van der Waals surface area contributed by atoms with Crippen molar-refractivity contribution in [2.24, 2.45) is 0 Å². The molecule has 0 aliphatic heterocycles. The smallest absolute Gasteiger partial charge is 0.116 e. The van der Waals surface area contributed by atoms with E-state index in [-0.39, 0.29) is 5.41 Å². The number of hydrogen-bond acceptors (Lipinski definition) is 1. The van der Waals surface area contributed by atoms with Gasteiger partial charge in [0.15, 0.2) is 0 Å². The summed E-state index contributed by atoms with van der Waals surface area (Å²) in [6.07, 6.45) is 10.7. The minimum Gasteiger partial charge on any atom is -0.247 e. The molecule has 0 bridgehead atoms. The number of hydrogen-bond donors (Lipinski definition) is 0. The van der Waals surface area contributed by atoms with Crippen LogP contribution in [0.15, 0.2) is 18.3 Å². The first kappa shape index (κ1) is 11.8.